The van der Waals surface area contributed by atoms with Crippen LogP contribution in [0.15, 0.2) is 176 Å². The first kappa shape index (κ1) is 79.9. The number of fused-ring (bicyclic) bond motifs is 4. The normalized spacial score (nSPS) is 15.8. The van der Waals surface area contributed by atoms with E-state index in [1.54, 1.807) is 11.8 Å². The SMILES string of the molecule is CCc1nc(CN(C)c2cccc3cccnc23)cc(N2CCN(C)CC2)n1.CN1CCN(c2cc(CN(C)c3cccc4cccnc34)nc(C3CC3)n2)CC1.CN1CCN(c2cc(CN(C)c3cccc4cccnc34)nc(N(C)C)n2)CC1.CSc1nc(CN(C)c2cccc3cccnc23)cc(N2CCN(C)CC2)n1. The van der Waals surface area contributed by atoms with Crippen molar-refractivity contribution in [2.75, 3.05) is 226 Å². The molecule has 12 heterocycles. The maximum absolute atomic E-state index is 4.94. The summed E-state index contributed by atoms with van der Waals surface area (Å²) in [6, 6.07) is 50.2. The quantitative estimate of drug-likeness (QED) is 0.0515. The van der Waals surface area contributed by atoms with Crippen LogP contribution in [0.2, 0.25) is 0 Å². The number of hydrogen-bond donors (Lipinski definition) is 0. The Labute approximate surface area is 676 Å². The van der Waals surface area contributed by atoms with E-state index in [2.05, 4.69) is 263 Å². The number of para-hydroxylation sites is 4. The Morgan fingerprint density at radius 2 is 0.649 bits per heavy atom. The maximum atomic E-state index is 4.94. The summed E-state index contributed by atoms with van der Waals surface area (Å²) in [6.07, 6.45) is 12.7. The summed E-state index contributed by atoms with van der Waals surface area (Å²) in [4.78, 5) is 86.8. The highest BCUT2D eigenvalue weighted by atomic mass is 32.2. The fourth-order valence-electron chi connectivity index (χ4n) is 15.0. The summed E-state index contributed by atoms with van der Waals surface area (Å²) in [7, 11) is 21.1. The molecule has 12 aromatic rings. The van der Waals surface area contributed by atoms with Crippen molar-refractivity contribution >= 4 is 107 Å². The molecule has 0 N–H and O–H groups in total. The van der Waals surface area contributed by atoms with Crippen LogP contribution in [-0.2, 0) is 32.6 Å². The third-order valence-corrected chi connectivity index (χ3v) is 22.5. The zero-order valence-corrected chi connectivity index (χ0v) is 69.4. The summed E-state index contributed by atoms with van der Waals surface area (Å²) in [5.41, 5.74) is 12.7. The zero-order valence-electron chi connectivity index (χ0n) is 68.6. The van der Waals surface area contributed by atoms with Crippen LogP contribution in [-0.4, -0.2) is 261 Å². The van der Waals surface area contributed by atoms with Gasteiger partial charge in [-0.3, -0.25) is 19.9 Å². The lowest BCUT2D eigenvalue weighted by atomic mass is 10.1. The van der Waals surface area contributed by atoms with Gasteiger partial charge in [-0.2, -0.15) is 4.98 Å². The summed E-state index contributed by atoms with van der Waals surface area (Å²) in [5.74, 6) is 7.43. The monoisotopic (exact) mass is 1550 g/mol. The van der Waals surface area contributed by atoms with Gasteiger partial charge in [0.05, 0.1) is 93.8 Å². The van der Waals surface area contributed by atoms with E-state index in [1.807, 2.05) is 74.3 Å². The molecule has 0 bridgehead atoms. The fourth-order valence-corrected chi connectivity index (χ4v) is 15.3. The van der Waals surface area contributed by atoms with Gasteiger partial charge in [-0.1, -0.05) is 91.5 Å². The first-order valence-corrected chi connectivity index (χ1v) is 41.3. The molecule has 594 valence electrons. The molecule has 114 heavy (non-hydrogen) atoms. The molecule has 0 amide bonds. The third-order valence-electron chi connectivity index (χ3n) is 21.9. The van der Waals surface area contributed by atoms with Gasteiger partial charge in [0.1, 0.15) is 34.9 Å². The number of aryl methyl sites for hydroxylation is 1. The number of aromatic nitrogens is 12. The summed E-state index contributed by atoms with van der Waals surface area (Å²) in [5, 5.41) is 5.44. The van der Waals surface area contributed by atoms with Gasteiger partial charge < -0.3 is 63.7 Å². The minimum atomic E-state index is 0.547. The van der Waals surface area contributed by atoms with Crippen LogP contribution in [0.5, 0.6) is 0 Å². The Balaban J connectivity index is 0.000000126. The molecule has 4 aromatic carbocycles. The lowest BCUT2D eigenvalue weighted by molar-refractivity contribution is 0.311. The van der Waals surface area contributed by atoms with Crippen molar-refractivity contribution in [3.63, 3.8) is 0 Å². The molecule has 0 spiro atoms. The minimum Gasteiger partial charge on any atom is -0.367 e. The molecule has 4 saturated heterocycles. The molecular formula is C88H111N25S. The van der Waals surface area contributed by atoms with E-state index in [0.29, 0.717) is 19.0 Å². The number of piperazine rings is 4. The van der Waals surface area contributed by atoms with Crippen LogP contribution in [0.25, 0.3) is 43.6 Å². The second-order valence-corrected chi connectivity index (χ2v) is 31.7. The molecule has 1 saturated carbocycles. The first-order valence-electron chi connectivity index (χ1n) is 40.1. The minimum absolute atomic E-state index is 0.547. The number of pyridine rings is 4. The van der Waals surface area contributed by atoms with Gasteiger partial charge in [0.2, 0.25) is 5.95 Å². The smallest absolute Gasteiger partial charge is 0.227 e. The fraction of sp³-hybridized carbons (Fsp3) is 0.409. The van der Waals surface area contributed by atoms with Crippen LogP contribution in [0, 0.1) is 0 Å². The summed E-state index contributed by atoms with van der Waals surface area (Å²) >= 11 is 1.60. The van der Waals surface area contributed by atoms with Crippen LogP contribution in [0.4, 0.5) is 52.0 Å². The van der Waals surface area contributed by atoms with E-state index in [4.69, 9.17) is 39.9 Å². The van der Waals surface area contributed by atoms with Crippen LogP contribution in [0.1, 0.15) is 60.1 Å². The molecule has 26 heteroatoms. The van der Waals surface area contributed by atoms with Gasteiger partial charge in [0.25, 0.3) is 0 Å². The molecule has 5 aliphatic rings. The van der Waals surface area contributed by atoms with Crippen LogP contribution < -0.4 is 44.1 Å². The van der Waals surface area contributed by atoms with E-state index in [-0.39, 0.29) is 0 Å². The van der Waals surface area contributed by atoms with Crippen molar-refractivity contribution < 1.29 is 0 Å². The lowest BCUT2D eigenvalue weighted by Crippen LogP contribution is -2.45. The number of anilines is 9. The van der Waals surface area contributed by atoms with E-state index < -0.39 is 0 Å². The average Bonchev–Trinajstić information content (AvgIpc) is 1.47. The Morgan fingerprint density at radius 1 is 0.342 bits per heavy atom. The van der Waals surface area contributed by atoms with E-state index in [1.165, 1.54) is 12.8 Å². The largest absolute Gasteiger partial charge is 0.367 e. The van der Waals surface area contributed by atoms with Crippen molar-refractivity contribution in [1.82, 2.24) is 79.4 Å². The van der Waals surface area contributed by atoms with E-state index in [9.17, 15) is 0 Å². The third kappa shape index (κ3) is 20.2. The van der Waals surface area contributed by atoms with Gasteiger partial charge in [0, 0.05) is 230 Å². The second kappa shape index (κ2) is 37.5. The van der Waals surface area contributed by atoms with Gasteiger partial charge in [0.15, 0.2) is 5.16 Å². The second-order valence-electron chi connectivity index (χ2n) is 30.9. The number of benzene rings is 4. The van der Waals surface area contributed by atoms with Gasteiger partial charge in [-0.25, -0.2) is 34.9 Å². The number of likely N-dealkylation sites (N-methyl/N-ethyl adjacent to an activating group) is 4. The number of hydrogen-bond acceptors (Lipinski definition) is 26. The van der Waals surface area contributed by atoms with Crippen LogP contribution in [0.3, 0.4) is 0 Å². The van der Waals surface area contributed by atoms with Crippen molar-refractivity contribution in [1.29, 1.82) is 0 Å². The molecule has 0 unspecified atom stereocenters. The molecule has 1 aliphatic carbocycles. The predicted octanol–water partition coefficient (Wildman–Crippen LogP) is 11.9. The Kier molecular flexibility index (Phi) is 26.2. The zero-order chi connectivity index (χ0) is 79.2. The van der Waals surface area contributed by atoms with Crippen LogP contribution >= 0.6 is 11.8 Å². The Hall–Kier alpha value is -10.8. The summed E-state index contributed by atoms with van der Waals surface area (Å²) < 4.78 is 0. The number of rotatable bonds is 20. The van der Waals surface area contributed by atoms with Crippen molar-refractivity contribution in [2.24, 2.45) is 0 Å². The molecule has 8 aromatic heterocycles. The average molecular weight is 1550 g/mol. The van der Waals surface area contributed by atoms with Crippen molar-refractivity contribution in [2.45, 2.75) is 63.4 Å². The van der Waals surface area contributed by atoms with Gasteiger partial charge >= 0.3 is 0 Å². The highest BCUT2D eigenvalue weighted by Crippen LogP contribution is 2.39. The maximum Gasteiger partial charge on any atom is 0.227 e. The van der Waals surface area contributed by atoms with Gasteiger partial charge in [-0.05, 0) is 95.8 Å². The van der Waals surface area contributed by atoms with E-state index in [0.717, 1.165) is 259 Å². The van der Waals surface area contributed by atoms with Crippen molar-refractivity contribution in [3.05, 3.63) is 205 Å². The Morgan fingerprint density at radius 3 is 0.982 bits per heavy atom. The molecule has 17 rings (SSSR count). The summed E-state index contributed by atoms with van der Waals surface area (Å²) in [6.45, 7) is 21.6. The van der Waals surface area contributed by atoms with E-state index >= 15 is 0 Å². The predicted molar refractivity (Wildman–Crippen MR) is 470 cm³/mol. The number of nitrogens with zero attached hydrogens (tertiary/aromatic N) is 25. The molecule has 0 radical (unpaired) electrons. The molecule has 4 aliphatic heterocycles. The van der Waals surface area contributed by atoms with Crippen molar-refractivity contribution in [3.8, 4) is 0 Å². The van der Waals surface area contributed by atoms with Gasteiger partial charge in [-0.15, -0.1) is 0 Å². The topological polar surface area (TPSA) is 197 Å². The number of thioether (sulfide) groups is 1. The first-order chi connectivity index (χ1) is 55.4. The molecule has 0 atom stereocenters. The lowest BCUT2D eigenvalue weighted by Gasteiger charge is -2.33. The standard InChI is InChI=1S/C23H28N6.C22H29N7.C22H28N6.C21H26N6S/c1-27-11-13-29(14-12-27)21-15-19(25-23(26-21)18-8-9-18)16-28(2)20-7-3-5-17-6-4-10-24-22(17)20;1-26(2)22-24-18(15-20(25-22)29-13-11-27(3)12-14-29)16-28(4)19-9-5-7-17-8-6-10-23-21(17)19;1-4-20-24-18(15-21(25-20)28-13-11-26(2)12-14-28)16-27(3)19-9-5-7-17-8-6-10-23-22(17)19;1-25-10-12-27(13-11-25)19-14-17(23-21(24-19)28-3)15-26(2)18-8-4-6-16-7-5-9-22-20(16)18/h3-7,10,15,18H,8-9,11-14,16H2,1-2H3;5-10,15H,11-14,16H2,1-4H3;5-10,15H,4,11-14,16H2,1-3H3;4-9,14H,10-13,15H2,1-3H3. The molecule has 5 fully saturated rings. The highest BCUT2D eigenvalue weighted by molar-refractivity contribution is 7.98. The highest BCUT2D eigenvalue weighted by Gasteiger charge is 2.30. The Bertz CT molecular complexity index is 4840. The molecule has 25 nitrogen and oxygen atoms in total. The molecular weight excluding hydrogens is 1440 g/mol.